The molecule has 208 valence electrons. The molecular formula is C40H27N3S. The molecule has 8 aromatic rings. The molecule has 2 aromatic heterocycles. The monoisotopic (exact) mass is 581 g/mol. The molecule has 0 aliphatic rings. The number of rotatable bonds is 5. The molecule has 0 unspecified atom stereocenters. The third kappa shape index (κ3) is 4.85. The molecule has 0 fully saturated rings. The van der Waals surface area contributed by atoms with Crippen molar-refractivity contribution in [3.05, 3.63) is 151 Å². The summed E-state index contributed by atoms with van der Waals surface area (Å²) in [6.45, 7) is 1.93. The topological polar surface area (TPSA) is 38.7 Å². The molecule has 0 aliphatic heterocycles. The van der Waals surface area contributed by atoms with Gasteiger partial charge >= 0.3 is 0 Å². The van der Waals surface area contributed by atoms with E-state index in [1.807, 2.05) is 24.3 Å². The molecule has 44 heavy (non-hydrogen) atoms. The summed E-state index contributed by atoms with van der Waals surface area (Å²) in [5.41, 5.74) is 9.06. The van der Waals surface area contributed by atoms with Crippen molar-refractivity contribution in [2.75, 3.05) is 0 Å². The van der Waals surface area contributed by atoms with Crippen LogP contribution in [-0.2, 0) is 0 Å². The largest absolute Gasteiger partial charge is 0.213 e. The van der Waals surface area contributed by atoms with Gasteiger partial charge in [0.1, 0.15) is 5.82 Å². The number of aromatic nitrogens is 3. The Morgan fingerprint density at radius 1 is 0.409 bits per heavy atom. The molecule has 0 amide bonds. The molecule has 6 aromatic carbocycles. The van der Waals surface area contributed by atoms with Gasteiger partial charge in [0.2, 0.25) is 0 Å². The normalized spacial score (nSPS) is 11.3. The fraction of sp³-hybridized carbons (Fsp3) is 0.0250. The fourth-order valence-corrected chi connectivity index (χ4v) is 7.06. The summed E-state index contributed by atoms with van der Waals surface area (Å²) in [5, 5.41) is 2.62. The lowest BCUT2D eigenvalue weighted by atomic mass is 9.94. The molecule has 0 aliphatic carbocycles. The molecule has 0 atom stereocenters. The molecule has 0 saturated heterocycles. The first-order valence-corrected chi connectivity index (χ1v) is 15.5. The van der Waals surface area contributed by atoms with E-state index in [1.54, 1.807) is 0 Å². The van der Waals surface area contributed by atoms with E-state index in [4.69, 9.17) is 15.0 Å². The first kappa shape index (κ1) is 26.2. The van der Waals surface area contributed by atoms with Crippen LogP contribution in [0.4, 0.5) is 0 Å². The van der Waals surface area contributed by atoms with Gasteiger partial charge < -0.3 is 0 Å². The molecule has 0 N–H and O–H groups in total. The Balaban J connectivity index is 1.21. The maximum absolute atomic E-state index is 4.93. The van der Waals surface area contributed by atoms with E-state index in [-0.39, 0.29) is 0 Å². The zero-order chi connectivity index (χ0) is 29.5. The van der Waals surface area contributed by atoms with Crippen molar-refractivity contribution in [3.63, 3.8) is 0 Å². The minimum atomic E-state index is 0.674. The fourth-order valence-electron chi connectivity index (χ4n) is 5.89. The molecule has 0 bridgehead atoms. The van der Waals surface area contributed by atoms with Crippen LogP contribution in [0.2, 0.25) is 0 Å². The van der Waals surface area contributed by atoms with E-state index in [9.17, 15) is 0 Å². The van der Waals surface area contributed by atoms with Gasteiger partial charge in [-0.05, 0) is 64.6 Å². The van der Waals surface area contributed by atoms with Gasteiger partial charge in [-0.25, -0.2) is 15.0 Å². The lowest BCUT2D eigenvalue weighted by molar-refractivity contribution is 0.992. The van der Waals surface area contributed by atoms with Gasteiger partial charge in [0.05, 0.1) is 0 Å². The highest BCUT2D eigenvalue weighted by molar-refractivity contribution is 7.26. The predicted octanol–water partition coefficient (Wildman–Crippen LogP) is 10.9. The van der Waals surface area contributed by atoms with Crippen molar-refractivity contribution in [2.24, 2.45) is 0 Å². The van der Waals surface area contributed by atoms with Crippen LogP contribution in [0.25, 0.3) is 76.3 Å². The maximum Gasteiger partial charge on any atom is 0.163 e. The van der Waals surface area contributed by atoms with E-state index in [0.29, 0.717) is 17.5 Å². The zero-order valence-corrected chi connectivity index (χ0v) is 24.9. The van der Waals surface area contributed by atoms with Crippen molar-refractivity contribution in [3.8, 4) is 56.2 Å². The average molecular weight is 582 g/mol. The van der Waals surface area contributed by atoms with Gasteiger partial charge in [0, 0.05) is 31.3 Å². The number of nitrogens with zero attached hydrogens (tertiary/aromatic N) is 3. The Bertz CT molecular complexity index is 2270. The standard InChI is InChI=1S/C40H27N3S/c1-26-41-39(30-21-19-28(20-22-30)27-11-4-2-5-12-27)43-40(42-26)32-16-10-15-31(23-32)33-24-35(29-13-6-3-7-14-29)38-34-17-8-9-18-36(34)44-37(38)25-33/h2-25H,1H3. The van der Waals surface area contributed by atoms with Crippen LogP contribution >= 0.6 is 11.3 Å². The van der Waals surface area contributed by atoms with E-state index in [1.165, 1.54) is 48.0 Å². The third-order valence-corrected chi connectivity index (χ3v) is 9.13. The smallest absolute Gasteiger partial charge is 0.163 e. The third-order valence-electron chi connectivity index (χ3n) is 8.01. The first-order valence-electron chi connectivity index (χ1n) is 14.7. The number of fused-ring (bicyclic) bond motifs is 3. The predicted molar refractivity (Wildman–Crippen MR) is 185 cm³/mol. The van der Waals surface area contributed by atoms with Gasteiger partial charge in [-0.15, -0.1) is 11.3 Å². The summed E-state index contributed by atoms with van der Waals surface area (Å²) in [6.07, 6.45) is 0. The Labute approximate surface area is 260 Å². The summed E-state index contributed by atoms with van der Waals surface area (Å²) < 4.78 is 2.58. The average Bonchev–Trinajstić information content (AvgIpc) is 3.47. The van der Waals surface area contributed by atoms with Gasteiger partial charge in [-0.2, -0.15) is 0 Å². The van der Waals surface area contributed by atoms with E-state index >= 15 is 0 Å². The highest BCUT2D eigenvalue weighted by Crippen LogP contribution is 2.43. The second kappa shape index (κ2) is 11.0. The van der Waals surface area contributed by atoms with Crippen LogP contribution in [0.15, 0.2) is 146 Å². The van der Waals surface area contributed by atoms with E-state index in [0.717, 1.165) is 16.7 Å². The summed E-state index contributed by atoms with van der Waals surface area (Å²) >= 11 is 1.85. The Kier molecular flexibility index (Phi) is 6.55. The van der Waals surface area contributed by atoms with Crippen LogP contribution in [0, 0.1) is 6.92 Å². The highest BCUT2D eigenvalue weighted by atomic mass is 32.1. The van der Waals surface area contributed by atoms with Crippen molar-refractivity contribution in [1.82, 2.24) is 15.0 Å². The quantitative estimate of drug-likeness (QED) is 0.203. The number of hydrogen-bond acceptors (Lipinski definition) is 4. The molecule has 4 heteroatoms. The second-order valence-corrected chi connectivity index (χ2v) is 12.0. The van der Waals surface area contributed by atoms with Crippen LogP contribution in [0.5, 0.6) is 0 Å². The Morgan fingerprint density at radius 2 is 1.00 bits per heavy atom. The zero-order valence-electron chi connectivity index (χ0n) is 24.1. The first-order chi connectivity index (χ1) is 21.7. The highest BCUT2D eigenvalue weighted by Gasteiger charge is 2.15. The molecule has 3 nitrogen and oxygen atoms in total. The summed E-state index contributed by atoms with van der Waals surface area (Å²) in [5.74, 6) is 2.05. The Morgan fingerprint density at radius 3 is 1.77 bits per heavy atom. The second-order valence-electron chi connectivity index (χ2n) is 10.9. The van der Waals surface area contributed by atoms with Crippen LogP contribution in [-0.4, -0.2) is 15.0 Å². The lowest BCUT2D eigenvalue weighted by Crippen LogP contribution is -1.99. The molecular weight excluding hydrogens is 555 g/mol. The molecule has 0 saturated carbocycles. The SMILES string of the molecule is Cc1nc(-c2ccc(-c3ccccc3)cc2)nc(-c2cccc(-c3cc(-c4ccccc4)c4c(c3)sc3ccccc34)c2)n1. The number of hydrogen-bond donors (Lipinski definition) is 0. The van der Waals surface area contributed by atoms with Crippen LogP contribution < -0.4 is 0 Å². The number of thiophene rings is 1. The van der Waals surface area contributed by atoms with E-state index in [2.05, 4.69) is 140 Å². The van der Waals surface area contributed by atoms with Crippen LogP contribution in [0.3, 0.4) is 0 Å². The van der Waals surface area contributed by atoms with E-state index < -0.39 is 0 Å². The van der Waals surface area contributed by atoms with Crippen molar-refractivity contribution >= 4 is 31.5 Å². The molecule has 2 heterocycles. The maximum atomic E-state index is 4.93. The molecule has 0 radical (unpaired) electrons. The Hall–Kier alpha value is -5.45. The van der Waals surface area contributed by atoms with Gasteiger partial charge in [0.25, 0.3) is 0 Å². The lowest BCUT2D eigenvalue weighted by Gasteiger charge is -2.11. The van der Waals surface area contributed by atoms with Gasteiger partial charge in [0.15, 0.2) is 11.6 Å². The van der Waals surface area contributed by atoms with Gasteiger partial charge in [-0.1, -0.05) is 121 Å². The number of benzene rings is 6. The van der Waals surface area contributed by atoms with Gasteiger partial charge in [-0.3, -0.25) is 0 Å². The summed E-state index contributed by atoms with van der Waals surface area (Å²) in [6, 6.07) is 51.4. The molecule has 8 rings (SSSR count). The summed E-state index contributed by atoms with van der Waals surface area (Å²) in [7, 11) is 0. The van der Waals surface area contributed by atoms with Crippen molar-refractivity contribution < 1.29 is 0 Å². The number of aryl methyl sites for hydroxylation is 1. The minimum Gasteiger partial charge on any atom is -0.213 e. The van der Waals surface area contributed by atoms with Crippen LogP contribution in [0.1, 0.15) is 5.82 Å². The van der Waals surface area contributed by atoms with Crippen molar-refractivity contribution in [1.29, 1.82) is 0 Å². The minimum absolute atomic E-state index is 0.674. The summed E-state index contributed by atoms with van der Waals surface area (Å²) in [4.78, 5) is 14.4. The van der Waals surface area contributed by atoms with Crippen molar-refractivity contribution in [2.45, 2.75) is 6.92 Å². The molecule has 0 spiro atoms.